The van der Waals surface area contributed by atoms with E-state index in [0.29, 0.717) is 6.42 Å². The highest BCUT2D eigenvalue weighted by Gasteiger charge is 2.00. The Kier molecular flexibility index (Phi) is 6.43. The van der Waals surface area contributed by atoms with E-state index in [0.717, 1.165) is 38.2 Å². The van der Waals surface area contributed by atoms with Gasteiger partial charge in [-0.15, -0.1) is 0 Å². The molecule has 1 N–H and O–H groups in total. The molecule has 0 amide bonds. The second kappa shape index (κ2) is 7.87. The number of aryl methyl sites for hydroxylation is 3. The molecule has 0 unspecified atom stereocenters. The van der Waals surface area contributed by atoms with Crippen LogP contribution in [0.4, 0.5) is 0 Å². The van der Waals surface area contributed by atoms with Crippen LogP contribution in [0.15, 0.2) is 6.07 Å². The third kappa shape index (κ3) is 5.31. The third-order valence-electron chi connectivity index (χ3n) is 2.79. The summed E-state index contributed by atoms with van der Waals surface area (Å²) in [4.78, 5) is 10.9. The highest BCUT2D eigenvalue weighted by molar-refractivity contribution is 5.69. The minimum atomic E-state index is -0.139. The van der Waals surface area contributed by atoms with Gasteiger partial charge in [0, 0.05) is 18.7 Å². The van der Waals surface area contributed by atoms with Gasteiger partial charge in [0.15, 0.2) is 0 Å². The van der Waals surface area contributed by atoms with Gasteiger partial charge >= 0.3 is 5.97 Å². The number of esters is 1. The lowest BCUT2D eigenvalue weighted by Gasteiger charge is -2.06. The van der Waals surface area contributed by atoms with E-state index < -0.39 is 0 Å². The van der Waals surface area contributed by atoms with Gasteiger partial charge in [-0.3, -0.25) is 9.48 Å². The molecule has 0 fully saturated rings. The molecular weight excluding hydrogens is 230 g/mol. The number of nitrogens with one attached hydrogen (secondary N) is 1. The number of rotatable bonds is 8. The fourth-order valence-electron chi connectivity index (χ4n) is 1.84. The Balaban J connectivity index is 2.02. The lowest BCUT2D eigenvalue weighted by atomic mass is 10.3. The zero-order valence-electron chi connectivity index (χ0n) is 11.5. The van der Waals surface area contributed by atoms with Crippen molar-refractivity contribution in [1.29, 1.82) is 0 Å². The summed E-state index contributed by atoms with van der Waals surface area (Å²) in [7, 11) is 1.42. The Morgan fingerprint density at radius 3 is 2.72 bits per heavy atom. The van der Waals surface area contributed by atoms with Crippen molar-refractivity contribution < 1.29 is 9.53 Å². The Morgan fingerprint density at radius 1 is 1.39 bits per heavy atom. The molecule has 0 radical (unpaired) electrons. The molecule has 1 rings (SSSR count). The number of hydrogen-bond donors (Lipinski definition) is 1. The van der Waals surface area contributed by atoms with Crippen molar-refractivity contribution in [2.45, 2.75) is 39.7 Å². The third-order valence-corrected chi connectivity index (χ3v) is 2.79. The zero-order valence-corrected chi connectivity index (χ0v) is 11.5. The first-order chi connectivity index (χ1) is 8.63. The van der Waals surface area contributed by atoms with E-state index in [1.54, 1.807) is 0 Å². The highest BCUT2D eigenvalue weighted by atomic mass is 16.5. The van der Waals surface area contributed by atoms with Crippen LogP contribution in [0.1, 0.15) is 30.7 Å². The molecule has 5 nitrogen and oxygen atoms in total. The Hall–Kier alpha value is -1.36. The Labute approximate surface area is 109 Å². The molecule has 1 aromatic heterocycles. The van der Waals surface area contributed by atoms with Gasteiger partial charge < -0.3 is 10.1 Å². The summed E-state index contributed by atoms with van der Waals surface area (Å²) in [5.41, 5.74) is 2.27. The predicted molar refractivity (Wildman–Crippen MR) is 70.4 cm³/mol. The average molecular weight is 253 g/mol. The lowest BCUT2D eigenvalue weighted by molar-refractivity contribution is -0.140. The van der Waals surface area contributed by atoms with Crippen LogP contribution in [-0.2, 0) is 16.1 Å². The second-order valence-electron chi connectivity index (χ2n) is 4.43. The standard InChI is InChI=1S/C13H23N3O2/c1-11-10-12(2)16(15-11)9-5-8-14-7-4-6-13(17)18-3/h10,14H,4-9H2,1-3H3. The largest absolute Gasteiger partial charge is 0.469 e. The number of carbonyl (C=O) groups is 1. The number of hydrogen-bond acceptors (Lipinski definition) is 4. The predicted octanol–water partition coefficient (Wildman–Crippen LogP) is 1.43. The van der Waals surface area contributed by atoms with Crippen molar-refractivity contribution in [2.75, 3.05) is 20.2 Å². The summed E-state index contributed by atoms with van der Waals surface area (Å²) in [6.07, 6.45) is 2.35. The van der Waals surface area contributed by atoms with E-state index in [4.69, 9.17) is 0 Å². The van der Waals surface area contributed by atoms with Crippen molar-refractivity contribution in [3.8, 4) is 0 Å². The second-order valence-corrected chi connectivity index (χ2v) is 4.43. The maximum Gasteiger partial charge on any atom is 0.305 e. The van der Waals surface area contributed by atoms with Crippen molar-refractivity contribution in [3.63, 3.8) is 0 Å². The van der Waals surface area contributed by atoms with Gasteiger partial charge in [-0.2, -0.15) is 5.10 Å². The number of carbonyl (C=O) groups excluding carboxylic acids is 1. The van der Waals surface area contributed by atoms with Crippen molar-refractivity contribution in [1.82, 2.24) is 15.1 Å². The summed E-state index contributed by atoms with van der Waals surface area (Å²) in [5, 5.41) is 7.72. The molecule has 0 aromatic carbocycles. The summed E-state index contributed by atoms with van der Waals surface area (Å²) in [5.74, 6) is -0.139. The first-order valence-electron chi connectivity index (χ1n) is 6.42. The molecule has 0 bridgehead atoms. The molecule has 0 aliphatic rings. The van der Waals surface area contributed by atoms with E-state index in [1.807, 2.05) is 11.6 Å². The molecule has 102 valence electrons. The van der Waals surface area contributed by atoms with Gasteiger partial charge in [-0.1, -0.05) is 0 Å². The first-order valence-corrected chi connectivity index (χ1v) is 6.42. The van der Waals surface area contributed by atoms with Crippen molar-refractivity contribution in [2.24, 2.45) is 0 Å². The minimum Gasteiger partial charge on any atom is -0.469 e. The van der Waals surface area contributed by atoms with Crippen LogP contribution in [0.2, 0.25) is 0 Å². The van der Waals surface area contributed by atoms with Crippen LogP contribution in [0.25, 0.3) is 0 Å². The van der Waals surface area contributed by atoms with E-state index >= 15 is 0 Å². The SMILES string of the molecule is COC(=O)CCCNCCCn1nc(C)cc1C. The van der Waals surface area contributed by atoms with Crippen molar-refractivity contribution >= 4 is 5.97 Å². The van der Waals surface area contributed by atoms with Gasteiger partial charge in [-0.25, -0.2) is 0 Å². The molecule has 18 heavy (non-hydrogen) atoms. The maximum absolute atomic E-state index is 10.9. The van der Waals surface area contributed by atoms with Crippen LogP contribution in [0, 0.1) is 13.8 Å². The van der Waals surface area contributed by atoms with Gasteiger partial charge in [0.05, 0.1) is 12.8 Å². The molecule has 5 heteroatoms. The van der Waals surface area contributed by atoms with E-state index in [2.05, 4.69) is 28.1 Å². The first kappa shape index (κ1) is 14.7. The fraction of sp³-hybridized carbons (Fsp3) is 0.692. The highest BCUT2D eigenvalue weighted by Crippen LogP contribution is 2.02. The zero-order chi connectivity index (χ0) is 13.4. The molecule has 0 saturated carbocycles. The van der Waals surface area contributed by atoms with Crippen molar-refractivity contribution in [3.05, 3.63) is 17.5 Å². The van der Waals surface area contributed by atoms with Gasteiger partial charge in [0.2, 0.25) is 0 Å². The molecule has 0 atom stereocenters. The summed E-state index contributed by atoms with van der Waals surface area (Å²) in [6, 6.07) is 2.09. The fourth-order valence-corrected chi connectivity index (χ4v) is 1.84. The molecule has 0 aliphatic heterocycles. The molecule has 1 heterocycles. The topological polar surface area (TPSA) is 56.1 Å². The molecule has 1 aromatic rings. The smallest absolute Gasteiger partial charge is 0.305 e. The number of nitrogens with zero attached hydrogens (tertiary/aromatic N) is 2. The molecular formula is C13H23N3O2. The van der Waals surface area contributed by atoms with Crippen LogP contribution in [0.5, 0.6) is 0 Å². The number of aromatic nitrogens is 2. The summed E-state index contributed by atoms with van der Waals surface area (Å²) >= 11 is 0. The quantitative estimate of drug-likeness (QED) is 0.562. The van der Waals surface area contributed by atoms with Crippen LogP contribution < -0.4 is 5.32 Å². The van der Waals surface area contributed by atoms with Gasteiger partial charge in [0.25, 0.3) is 0 Å². The van der Waals surface area contributed by atoms with E-state index in [1.165, 1.54) is 12.8 Å². The minimum absolute atomic E-state index is 0.139. The van der Waals surface area contributed by atoms with E-state index in [9.17, 15) is 4.79 Å². The molecule has 0 saturated heterocycles. The summed E-state index contributed by atoms with van der Waals surface area (Å²) in [6.45, 7) is 6.81. The van der Waals surface area contributed by atoms with E-state index in [-0.39, 0.29) is 5.97 Å². The van der Waals surface area contributed by atoms with Crippen LogP contribution >= 0.6 is 0 Å². The maximum atomic E-state index is 10.9. The Morgan fingerprint density at radius 2 is 2.11 bits per heavy atom. The van der Waals surface area contributed by atoms with Gasteiger partial charge in [0.1, 0.15) is 0 Å². The van der Waals surface area contributed by atoms with Crippen LogP contribution in [0.3, 0.4) is 0 Å². The average Bonchev–Trinajstić information content (AvgIpc) is 2.66. The normalized spacial score (nSPS) is 10.6. The lowest BCUT2D eigenvalue weighted by Crippen LogP contribution is -2.19. The molecule has 0 aliphatic carbocycles. The summed E-state index contributed by atoms with van der Waals surface area (Å²) < 4.78 is 6.61. The monoisotopic (exact) mass is 253 g/mol. The molecule has 0 spiro atoms. The van der Waals surface area contributed by atoms with Crippen LogP contribution in [-0.4, -0.2) is 35.9 Å². The van der Waals surface area contributed by atoms with Gasteiger partial charge in [-0.05, 0) is 45.8 Å². The number of ether oxygens (including phenoxy) is 1. The number of methoxy groups -OCH3 is 1. The Bertz CT molecular complexity index is 374.